The highest BCUT2D eigenvalue weighted by Gasteiger charge is 2.07. The van der Waals surface area contributed by atoms with Crippen LogP contribution < -0.4 is 0 Å². The van der Waals surface area contributed by atoms with E-state index in [1.165, 1.54) is 18.4 Å². The Bertz CT molecular complexity index is 208. The molecule has 0 aromatic carbocycles. The van der Waals surface area contributed by atoms with E-state index >= 15 is 0 Å². The van der Waals surface area contributed by atoms with Crippen molar-refractivity contribution in [3.8, 4) is 0 Å². The van der Waals surface area contributed by atoms with Crippen LogP contribution in [0.2, 0.25) is 0 Å². The van der Waals surface area contributed by atoms with Crippen molar-refractivity contribution in [3.63, 3.8) is 0 Å². The monoisotopic (exact) mass is 180 g/mol. The van der Waals surface area contributed by atoms with Crippen LogP contribution in [0, 0.1) is 0 Å². The lowest BCUT2D eigenvalue weighted by atomic mass is 10.1. The lowest BCUT2D eigenvalue weighted by Crippen LogP contribution is -1.99. The highest BCUT2D eigenvalue weighted by atomic mass is 32.2. The third-order valence-corrected chi connectivity index (χ3v) is 3.04. The molecule has 1 atom stereocenters. The standard InChI is InChI=1S/C11H16S/c1-3-4-5-6-11-8-7-10(2)12-9-11/h3-6,9-10H,7-8H2,1-2H3/b4-3-,6-5-. The second-order valence-corrected chi connectivity index (χ2v) is 4.38. The maximum atomic E-state index is 2.29. The summed E-state index contributed by atoms with van der Waals surface area (Å²) in [7, 11) is 0. The first kappa shape index (κ1) is 9.66. The third-order valence-electron chi connectivity index (χ3n) is 1.91. The molecule has 0 aromatic rings. The van der Waals surface area contributed by atoms with Gasteiger partial charge >= 0.3 is 0 Å². The Labute approximate surface area is 79.4 Å². The average molecular weight is 180 g/mol. The van der Waals surface area contributed by atoms with Crippen molar-refractivity contribution in [3.05, 3.63) is 35.3 Å². The zero-order valence-corrected chi connectivity index (χ0v) is 8.60. The van der Waals surface area contributed by atoms with Crippen LogP contribution in [0.4, 0.5) is 0 Å². The first-order chi connectivity index (χ1) is 5.83. The van der Waals surface area contributed by atoms with Crippen LogP contribution >= 0.6 is 11.8 Å². The quantitative estimate of drug-likeness (QED) is 0.580. The molecule has 0 saturated heterocycles. The van der Waals surface area contributed by atoms with E-state index in [0.717, 1.165) is 5.25 Å². The van der Waals surface area contributed by atoms with Crippen LogP contribution in [0.25, 0.3) is 0 Å². The fourth-order valence-corrected chi connectivity index (χ4v) is 1.97. The fourth-order valence-electron chi connectivity index (χ4n) is 1.11. The van der Waals surface area contributed by atoms with Crippen LogP contribution in [0.15, 0.2) is 35.3 Å². The summed E-state index contributed by atoms with van der Waals surface area (Å²) in [5.74, 6) is 0. The Hall–Kier alpha value is -0.430. The molecule has 0 saturated carbocycles. The average Bonchev–Trinajstić information content (AvgIpc) is 2.09. The molecule has 1 heteroatoms. The van der Waals surface area contributed by atoms with Gasteiger partial charge in [0.1, 0.15) is 0 Å². The Morgan fingerprint density at radius 2 is 2.33 bits per heavy atom. The largest absolute Gasteiger partial charge is 0.131 e. The van der Waals surface area contributed by atoms with Crippen molar-refractivity contribution in [2.45, 2.75) is 31.9 Å². The van der Waals surface area contributed by atoms with E-state index in [9.17, 15) is 0 Å². The highest BCUT2D eigenvalue weighted by molar-refractivity contribution is 8.02. The van der Waals surface area contributed by atoms with Crippen LogP contribution in [0.1, 0.15) is 26.7 Å². The van der Waals surface area contributed by atoms with Gasteiger partial charge in [-0.3, -0.25) is 0 Å². The number of hydrogen-bond donors (Lipinski definition) is 0. The van der Waals surface area contributed by atoms with Gasteiger partial charge in [0.15, 0.2) is 0 Å². The summed E-state index contributed by atoms with van der Waals surface area (Å²) in [6.07, 6.45) is 11.0. The molecule has 1 aliphatic heterocycles. The third kappa shape index (κ3) is 3.31. The van der Waals surface area contributed by atoms with Crippen molar-refractivity contribution < 1.29 is 0 Å². The summed E-state index contributed by atoms with van der Waals surface area (Å²) in [4.78, 5) is 0. The van der Waals surface area contributed by atoms with E-state index in [0.29, 0.717) is 0 Å². The molecule has 0 bridgehead atoms. The lowest BCUT2D eigenvalue weighted by molar-refractivity contribution is 0.808. The molecule has 0 aliphatic carbocycles. The molecule has 0 amide bonds. The first-order valence-corrected chi connectivity index (χ1v) is 5.41. The van der Waals surface area contributed by atoms with Gasteiger partial charge in [-0.25, -0.2) is 0 Å². The molecule has 0 fully saturated rings. The number of allylic oxidation sites excluding steroid dienone is 5. The molecule has 66 valence electrons. The molecule has 1 aliphatic rings. The molecule has 0 nitrogen and oxygen atoms in total. The number of hydrogen-bond acceptors (Lipinski definition) is 1. The normalized spacial score (nSPS) is 25.2. The molecule has 12 heavy (non-hydrogen) atoms. The topological polar surface area (TPSA) is 0 Å². The molecule has 0 N–H and O–H groups in total. The Morgan fingerprint density at radius 1 is 1.50 bits per heavy atom. The van der Waals surface area contributed by atoms with Crippen molar-refractivity contribution >= 4 is 11.8 Å². The van der Waals surface area contributed by atoms with Crippen LogP contribution in [-0.4, -0.2) is 5.25 Å². The Kier molecular flexibility index (Phi) is 4.23. The smallest absolute Gasteiger partial charge is 0.00633 e. The Balaban J connectivity index is 2.43. The summed E-state index contributed by atoms with van der Waals surface area (Å²) >= 11 is 1.95. The van der Waals surface area contributed by atoms with Gasteiger partial charge < -0.3 is 0 Å². The summed E-state index contributed by atoms with van der Waals surface area (Å²) in [6.45, 7) is 4.32. The highest BCUT2D eigenvalue weighted by Crippen LogP contribution is 2.28. The molecule has 0 aromatic heterocycles. The van der Waals surface area contributed by atoms with Crippen LogP contribution in [0.3, 0.4) is 0 Å². The maximum absolute atomic E-state index is 2.29. The van der Waals surface area contributed by atoms with E-state index in [1.54, 1.807) is 0 Å². The van der Waals surface area contributed by atoms with Gasteiger partial charge in [-0.1, -0.05) is 31.2 Å². The van der Waals surface area contributed by atoms with Gasteiger partial charge in [-0.15, -0.1) is 11.8 Å². The predicted molar refractivity (Wildman–Crippen MR) is 58.3 cm³/mol. The van der Waals surface area contributed by atoms with Gasteiger partial charge in [-0.05, 0) is 30.7 Å². The SMILES string of the molecule is C/C=C\C=C/C1=CSC(C)CC1. The fraction of sp³-hybridized carbons (Fsp3) is 0.455. The molecule has 1 unspecified atom stereocenters. The van der Waals surface area contributed by atoms with Crippen molar-refractivity contribution in [1.82, 2.24) is 0 Å². The zero-order valence-electron chi connectivity index (χ0n) is 7.79. The van der Waals surface area contributed by atoms with E-state index < -0.39 is 0 Å². The van der Waals surface area contributed by atoms with Crippen molar-refractivity contribution in [2.75, 3.05) is 0 Å². The molecule has 0 radical (unpaired) electrons. The minimum Gasteiger partial charge on any atom is -0.131 e. The minimum atomic E-state index is 0.809. The molecular weight excluding hydrogens is 164 g/mol. The first-order valence-electron chi connectivity index (χ1n) is 4.47. The summed E-state index contributed by atoms with van der Waals surface area (Å²) in [6, 6.07) is 0. The van der Waals surface area contributed by atoms with Gasteiger partial charge in [0.05, 0.1) is 0 Å². The molecular formula is C11H16S. The van der Waals surface area contributed by atoms with E-state index in [1.807, 2.05) is 18.7 Å². The van der Waals surface area contributed by atoms with Crippen LogP contribution in [0.5, 0.6) is 0 Å². The summed E-state index contributed by atoms with van der Waals surface area (Å²) < 4.78 is 0. The minimum absolute atomic E-state index is 0.809. The lowest BCUT2D eigenvalue weighted by Gasteiger charge is -2.14. The predicted octanol–water partition coefficient (Wildman–Crippen LogP) is 3.92. The summed E-state index contributed by atoms with van der Waals surface area (Å²) in [5, 5.41) is 3.10. The molecule has 1 rings (SSSR count). The van der Waals surface area contributed by atoms with Gasteiger partial charge in [0.2, 0.25) is 0 Å². The number of thioether (sulfide) groups is 1. The number of rotatable bonds is 2. The zero-order chi connectivity index (χ0) is 8.81. The Morgan fingerprint density at radius 3 is 2.92 bits per heavy atom. The second kappa shape index (κ2) is 5.26. The van der Waals surface area contributed by atoms with E-state index in [-0.39, 0.29) is 0 Å². The van der Waals surface area contributed by atoms with Crippen LogP contribution in [-0.2, 0) is 0 Å². The second-order valence-electron chi connectivity index (χ2n) is 3.06. The van der Waals surface area contributed by atoms with Gasteiger partial charge in [0.25, 0.3) is 0 Å². The summed E-state index contributed by atoms with van der Waals surface area (Å²) in [5.41, 5.74) is 1.47. The molecule has 1 heterocycles. The van der Waals surface area contributed by atoms with Crippen molar-refractivity contribution in [1.29, 1.82) is 0 Å². The van der Waals surface area contributed by atoms with E-state index in [4.69, 9.17) is 0 Å². The van der Waals surface area contributed by atoms with E-state index in [2.05, 4.69) is 36.6 Å². The van der Waals surface area contributed by atoms with Gasteiger partial charge in [-0.2, -0.15) is 0 Å². The van der Waals surface area contributed by atoms with Gasteiger partial charge in [0, 0.05) is 5.25 Å². The van der Waals surface area contributed by atoms with Crippen molar-refractivity contribution in [2.24, 2.45) is 0 Å². The maximum Gasteiger partial charge on any atom is 0.00633 e. The molecule has 0 spiro atoms.